The lowest BCUT2D eigenvalue weighted by Gasteiger charge is -2.19. The van der Waals surface area contributed by atoms with Crippen LogP contribution in [0, 0.1) is 12.3 Å². The Kier molecular flexibility index (Phi) is 3.14. The van der Waals surface area contributed by atoms with Crippen LogP contribution in [0.25, 0.3) is 49.3 Å². The van der Waals surface area contributed by atoms with Gasteiger partial charge in [0.1, 0.15) is 11.3 Å². The van der Waals surface area contributed by atoms with Gasteiger partial charge >= 0.3 is 0 Å². The Morgan fingerprint density at radius 3 is 2.59 bits per heavy atom. The van der Waals surface area contributed by atoms with Crippen molar-refractivity contribution in [2.45, 2.75) is 34.1 Å². The molecule has 0 saturated heterocycles. The van der Waals surface area contributed by atoms with E-state index in [2.05, 4.69) is 74.6 Å². The van der Waals surface area contributed by atoms with Gasteiger partial charge in [0.15, 0.2) is 0 Å². The third-order valence-electron chi connectivity index (χ3n) is 6.02. The summed E-state index contributed by atoms with van der Waals surface area (Å²) in [6.07, 6.45) is 2.91. The molecule has 0 N–H and O–H groups in total. The van der Waals surface area contributed by atoms with Crippen molar-refractivity contribution in [1.82, 2.24) is 14.4 Å². The highest BCUT2D eigenvalue weighted by Gasteiger charge is 2.20. The summed E-state index contributed by atoms with van der Waals surface area (Å²) in [6, 6.07) is 17.6. The molecule has 0 atom stereocenters. The lowest BCUT2D eigenvalue weighted by atomic mass is 9.87. The van der Waals surface area contributed by atoms with E-state index in [0.29, 0.717) is 0 Å². The van der Waals surface area contributed by atoms with Crippen LogP contribution in [0.1, 0.15) is 31.9 Å². The Bertz CT molecular complexity index is 1560. The Morgan fingerprint density at radius 1 is 0.931 bits per heavy atom. The molecule has 0 bridgehead atoms. The fraction of sp³-hybridized carbons (Fsp3) is 0.231. The topological polar surface area (TPSA) is 30.2 Å². The molecule has 6 aromatic rings. The Labute approximate surface area is 169 Å². The number of benzene rings is 3. The van der Waals surface area contributed by atoms with Crippen LogP contribution in [0.3, 0.4) is 0 Å². The number of imidazole rings is 1. The minimum Gasteiger partial charge on any atom is -0.276 e. The number of aryl methyl sites for hydroxylation is 1. The normalized spacial score (nSPS) is 13.0. The summed E-state index contributed by atoms with van der Waals surface area (Å²) in [5.41, 5.74) is 7.10. The van der Waals surface area contributed by atoms with Crippen LogP contribution in [0.5, 0.6) is 0 Å². The number of hydrogen-bond acceptors (Lipinski definition) is 2. The SMILES string of the molecule is Cc1c2ccccc2cc2c1c1cc(CC(C)(C)C)cc3nc4ccnc2n4c31. The second-order valence-electron chi connectivity index (χ2n) is 9.47. The summed E-state index contributed by atoms with van der Waals surface area (Å²) in [4.78, 5) is 9.76. The fourth-order valence-corrected chi connectivity index (χ4v) is 4.99. The first kappa shape index (κ1) is 16.7. The molecule has 3 heterocycles. The summed E-state index contributed by atoms with van der Waals surface area (Å²) in [5, 5.41) is 6.35. The molecule has 0 radical (unpaired) electrons. The predicted octanol–water partition coefficient (Wildman–Crippen LogP) is 6.68. The summed E-state index contributed by atoms with van der Waals surface area (Å²) in [7, 11) is 0. The van der Waals surface area contributed by atoms with Crippen molar-refractivity contribution < 1.29 is 0 Å². The smallest absolute Gasteiger partial charge is 0.146 e. The van der Waals surface area contributed by atoms with Gasteiger partial charge in [0.2, 0.25) is 0 Å². The van der Waals surface area contributed by atoms with Gasteiger partial charge < -0.3 is 0 Å². The average molecular weight is 377 g/mol. The first-order chi connectivity index (χ1) is 13.9. The van der Waals surface area contributed by atoms with Crippen molar-refractivity contribution in [2.24, 2.45) is 5.41 Å². The van der Waals surface area contributed by atoms with E-state index in [1.807, 2.05) is 12.3 Å². The maximum atomic E-state index is 4.97. The van der Waals surface area contributed by atoms with E-state index in [4.69, 9.17) is 9.97 Å². The maximum Gasteiger partial charge on any atom is 0.146 e. The lowest BCUT2D eigenvalue weighted by Crippen LogP contribution is -2.09. The second kappa shape index (κ2) is 5.44. The molecule has 0 fully saturated rings. The van der Waals surface area contributed by atoms with Crippen LogP contribution < -0.4 is 0 Å². The fourth-order valence-electron chi connectivity index (χ4n) is 4.99. The molecule has 142 valence electrons. The van der Waals surface area contributed by atoms with Crippen molar-refractivity contribution in [3.05, 3.63) is 65.9 Å². The van der Waals surface area contributed by atoms with Gasteiger partial charge in [-0.05, 0) is 70.3 Å². The Morgan fingerprint density at radius 2 is 1.76 bits per heavy atom. The van der Waals surface area contributed by atoms with Crippen molar-refractivity contribution in [1.29, 1.82) is 0 Å². The molecule has 0 aliphatic rings. The Balaban J connectivity index is 1.91. The first-order valence-corrected chi connectivity index (χ1v) is 10.2. The predicted molar refractivity (Wildman–Crippen MR) is 122 cm³/mol. The molecular weight excluding hydrogens is 354 g/mol. The molecular formula is C26H23N3. The summed E-state index contributed by atoms with van der Waals surface area (Å²) in [6.45, 7) is 9.12. The molecule has 0 aliphatic heterocycles. The summed E-state index contributed by atoms with van der Waals surface area (Å²) >= 11 is 0. The molecule has 0 saturated carbocycles. The largest absolute Gasteiger partial charge is 0.276 e. The number of fused-ring (bicyclic) bond motifs is 4. The number of aromatic nitrogens is 3. The second-order valence-corrected chi connectivity index (χ2v) is 9.47. The zero-order valence-corrected chi connectivity index (χ0v) is 17.2. The van der Waals surface area contributed by atoms with E-state index in [1.165, 1.54) is 43.6 Å². The van der Waals surface area contributed by atoms with Crippen molar-refractivity contribution in [3.8, 4) is 0 Å². The standard InChI is InChI=1S/C26H23N3/c1-15-18-8-6-5-7-17(18)13-20-23(15)19-11-16(14-26(2,3)4)12-21-24(19)29-22(28-21)9-10-27-25(20)29/h5-13H,14H2,1-4H3. The van der Waals surface area contributed by atoms with E-state index in [0.717, 1.165) is 23.2 Å². The third kappa shape index (κ3) is 2.30. The molecule has 0 spiro atoms. The highest BCUT2D eigenvalue weighted by atomic mass is 15.1. The van der Waals surface area contributed by atoms with Gasteiger partial charge in [-0.1, -0.05) is 45.0 Å². The van der Waals surface area contributed by atoms with Crippen LogP contribution in [0.15, 0.2) is 54.7 Å². The Hall–Kier alpha value is -3.20. The number of rotatable bonds is 1. The summed E-state index contributed by atoms with van der Waals surface area (Å²) in [5.74, 6) is 0. The van der Waals surface area contributed by atoms with Crippen molar-refractivity contribution >= 4 is 49.3 Å². The third-order valence-corrected chi connectivity index (χ3v) is 6.02. The van der Waals surface area contributed by atoms with Gasteiger partial charge in [0.05, 0.1) is 11.0 Å². The minimum atomic E-state index is 0.224. The zero-order chi connectivity index (χ0) is 19.9. The average Bonchev–Trinajstić information content (AvgIpc) is 3.04. The van der Waals surface area contributed by atoms with Gasteiger partial charge in [-0.25, -0.2) is 9.97 Å². The van der Waals surface area contributed by atoms with Crippen molar-refractivity contribution in [3.63, 3.8) is 0 Å². The molecule has 0 aliphatic carbocycles. The maximum absolute atomic E-state index is 4.97. The van der Waals surface area contributed by atoms with Crippen molar-refractivity contribution in [2.75, 3.05) is 0 Å². The van der Waals surface area contributed by atoms with Crippen LogP contribution in [0.4, 0.5) is 0 Å². The lowest BCUT2D eigenvalue weighted by molar-refractivity contribution is 0.411. The first-order valence-electron chi connectivity index (χ1n) is 10.2. The monoisotopic (exact) mass is 377 g/mol. The molecule has 6 rings (SSSR count). The van der Waals surface area contributed by atoms with Crippen LogP contribution in [-0.4, -0.2) is 14.4 Å². The van der Waals surface area contributed by atoms with E-state index < -0.39 is 0 Å². The van der Waals surface area contributed by atoms with Gasteiger partial charge in [0.25, 0.3) is 0 Å². The number of pyridine rings is 1. The number of hydrogen-bond donors (Lipinski definition) is 0. The molecule has 0 amide bonds. The van der Waals surface area contributed by atoms with Crippen LogP contribution in [0.2, 0.25) is 0 Å². The molecule has 0 unspecified atom stereocenters. The quantitative estimate of drug-likeness (QED) is 0.236. The molecule has 3 aromatic carbocycles. The van der Waals surface area contributed by atoms with E-state index in [1.54, 1.807) is 0 Å². The van der Waals surface area contributed by atoms with Gasteiger partial charge in [-0.15, -0.1) is 0 Å². The van der Waals surface area contributed by atoms with Crippen LogP contribution >= 0.6 is 0 Å². The number of nitrogens with zero attached hydrogens (tertiary/aromatic N) is 3. The molecule has 3 heteroatoms. The highest BCUT2D eigenvalue weighted by Crippen LogP contribution is 2.39. The highest BCUT2D eigenvalue weighted by molar-refractivity contribution is 6.21. The van der Waals surface area contributed by atoms with E-state index in [-0.39, 0.29) is 5.41 Å². The van der Waals surface area contributed by atoms with E-state index in [9.17, 15) is 0 Å². The van der Waals surface area contributed by atoms with Gasteiger partial charge in [-0.3, -0.25) is 4.40 Å². The van der Waals surface area contributed by atoms with Gasteiger partial charge in [0, 0.05) is 17.0 Å². The summed E-state index contributed by atoms with van der Waals surface area (Å²) < 4.78 is 2.24. The van der Waals surface area contributed by atoms with Gasteiger partial charge in [-0.2, -0.15) is 0 Å². The molecule has 29 heavy (non-hydrogen) atoms. The zero-order valence-electron chi connectivity index (χ0n) is 17.2. The van der Waals surface area contributed by atoms with Crippen LogP contribution in [-0.2, 0) is 6.42 Å². The molecule has 3 nitrogen and oxygen atoms in total. The minimum absolute atomic E-state index is 0.224. The molecule has 3 aromatic heterocycles. The van der Waals surface area contributed by atoms with E-state index >= 15 is 0 Å².